The van der Waals surface area contributed by atoms with Gasteiger partial charge in [0.2, 0.25) is 11.1 Å². The van der Waals surface area contributed by atoms with E-state index in [1.807, 2.05) is 20.8 Å². The van der Waals surface area contributed by atoms with Gasteiger partial charge in [-0.15, -0.1) is 10.2 Å². The number of nitrogens with zero attached hydrogens (tertiary/aromatic N) is 4. The number of thioether (sulfide) groups is 1. The lowest BCUT2D eigenvalue weighted by Gasteiger charge is -2.23. The van der Waals surface area contributed by atoms with Crippen molar-refractivity contribution in [2.45, 2.75) is 37.6 Å². The molecule has 0 aliphatic rings. The quantitative estimate of drug-likeness (QED) is 0.496. The molecule has 0 bridgehead atoms. The third-order valence-electron chi connectivity index (χ3n) is 4.26. The largest absolute Gasteiger partial charge is 0.472 e. The minimum atomic E-state index is -3.88. The first-order chi connectivity index (χ1) is 14.5. The van der Waals surface area contributed by atoms with Gasteiger partial charge in [-0.1, -0.05) is 39.0 Å². The second kappa shape index (κ2) is 8.62. The van der Waals surface area contributed by atoms with Gasteiger partial charge in [0.25, 0.3) is 0 Å². The summed E-state index contributed by atoms with van der Waals surface area (Å²) in [6.45, 7) is 5.56. The average molecular weight is 448 g/mol. The Labute approximate surface area is 182 Å². The van der Waals surface area contributed by atoms with Crippen LogP contribution in [0.3, 0.4) is 0 Å². The van der Waals surface area contributed by atoms with Gasteiger partial charge in [0.05, 0.1) is 11.8 Å². The maximum atomic E-state index is 14.9. The molecule has 0 aliphatic heterocycles. The summed E-state index contributed by atoms with van der Waals surface area (Å²) in [7, 11) is 1.26. The molecular formula is C21H22F2N4O3S. The van der Waals surface area contributed by atoms with Gasteiger partial charge in [-0.3, -0.25) is 9.59 Å². The molecule has 0 unspecified atom stereocenters. The summed E-state index contributed by atoms with van der Waals surface area (Å²) in [6.07, 6.45) is 2.78. The van der Waals surface area contributed by atoms with Gasteiger partial charge < -0.3 is 9.32 Å². The Morgan fingerprint density at radius 1 is 1.13 bits per heavy atom. The second-order valence-electron chi connectivity index (χ2n) is 8.10. The van der Waals surface area contributed by atoms with E-state index in [4.69, 9.17) is 4.42 Å². The number of halogens is 2. The Hall–Kier alpha value is -3.01. The lowest BCUT2D eigenvalue weighted by molar-refractivity contribution is -0.131. The lowest BCUT2D eigenvalue weighted by atomic mass is 9.92. The highest BCUT2D eigenvalue weighted by Crippen LogP contribution is 2.39. The molecule has 0 atom stereocenters. The molecule has 10 heteroatoms. The number of hydrogen-bond acceptors (Lipinski definition) is 6. The zero-order chi connectivity index (χ0) is 22.8. The number of carbonyl (C=O) groups is 2. The van der Waals surface area contributed by atoms with Crippen molar-refractivity contribution in [2.24, 2.45) is 5.41 Å². The summed E-state index contributed by atoms with van der Waals surface area (Å²) in [5.41, 5.74) is 0.331. The molecule has 164 valence electrons. The van der Waals surface area contributed by atoms with Crippen molar-refractivity contribution < 1.29 is 22.8 Å². The Bertz CT molecular complexity index is 1060. The number of alkyl halides is 2. The number of anilines is 1. The van der Waals surface area contributed by atoms with Crippen molar-refractivity contribution in [2.75, 3.05) is 11.9 Å². The van der Waals surface area contributed by atoms with Crippen molar-refractivity contribution in [3.8, 4) is 11.4 Å². The van der Waals surface area contributed by atoms with Crippen LogP contribution in [0.15, 0.2) is 58.5 Å². The van der Waals surface area contributed by atoms with E-state index in [-0.39, 0.29) is 29.2 Å². The summed E-state index contributed by atoms with van der Waals surface area (Å²) in [4.78, 5) is 26.3. The molecular weight excluding hydrogens is 426 g/mol. The van der Waals surface area contributed by atoms with Crippen LogP contribution in [0.2, 0.25) is 0 Å². The highest BCUT2D eigenvalue weighted by atomic mass is 32.2. The number of furan rings is 1. The average Bonchev–Trinajstić information content (AvgIpc) is 3.35. The van der Waals surface area contributed by atoms with Crippen LogP contribution >= 0.6 is 11.8 Å². The number of amides is 1. The molecule has 31 heavy (non-hydrogen) atoms. The Morgan fingerprint density at radius 2 is 1.81 bits per heavy atom. The molecule has 1 amide bonds. The van der Waals surface area contributed by atoms with Crippen LogP contribution in [0.5, 0.6) is 0 Å². The highest BCUT2D eigenvalue weighted by molar-refractivity contribution is 8.01. The van der Waals surface area contributed by atoms with Crippen molar-refractivity contribution >= 4 is 29.3 Å². The van der Waals surface area contributed by atoms with Crippen LogP contribution in [0, 0.1) is 5.41 Å². The van der Waals surface area contributed by atoms with E-state index in [0.29, 0.717) is 11.3 Å². The summed E-state index contributed by atoms with van der Waals surface area (Å²) in [5, 5.41) is 3.44. The van der Waals surface area contributed by atoms with E-state index in [1.165, 1.54) is 19.6 Å². The Kier molecular flexibility index (Phi) is 6.30. The normalized spacial score (nSPS) is 12.1. The maximum absolute atomic E-state index is 14.9. The highest BCUT2D eigenvalue weighted by Gasteiger charge is 2.45. The molecule has 3 rings (SSSR count). The molecule has 0 aliphatic carbocycles. The van der Waals surface area contributed by atoms with Gasteiger partial charge in [0, 0.05) is 19.2 Å². The van der Waals surface area contributed by atoms with E-state index in [1.54, 1.807) is 36.4 Å². The van der Waals surface area contributed by atoms with Gasteiger partial charge in [0.15, 0.2) is 5.82 Å². The van der Waals surface area contributed by atoms with E-state index in [2.05, 4.69) is 10.2 Å². The predicted octanol–water partition coefficient (Wildman–Crippen LogP) is 4.96. The van der Waals surface area contributed by atoms with Gasteiger partial charge >= 0.3 is 11.2 Å². The fraction of sp³-hybridized carbons (Fsp3) is 0.333. The molecule has 2 aromatic heterocycles. The smallest absolute Gasteiger partial charge is 0.378 e. The standard InChI is InChI=1S/C21H22F2N4O3S/c1-20(2,3)12-16(28)27-17(14-10-11-30-13-14)24-25-19(27)31-21(22,23)18(29)26(4)15-8-6-5-7-9-15/h5-11,13H,12H2,1-4H3. The fourth-order valence-corrected chi connectivity index (χ4v) is 3.61. The van der Waals surface area contributed by atoms with Crippen molar-refractivity contribution in [1.82, 2.24) is 14.8 Å². The van der Waals surface area contributed by atoms with E-state index < -0.39 is 22.5 Å². The zero-order valence-corrected chi connectivity index (χ0v) is 18.3. The Balaban J connectivity index is 1.94. The van der Waals surface area contributed by atoms with Crippen molar-refractivity contribution in [1.29, 1.82) is 0 Å². The fourth-order valence-electron chi connectivity index (χ4n) is 2.79. The molecule has 3 aromatic rings. The van der Waals surface area contributed by atoms with E-state index >= 15 is 0 Å². The van der Waals surface area contributed by atoms with Crippen LogP contribution in [0.25, 0.3) is 11.4 Å². The number of aromatic nitrogens is 3. The first kappa shape index (κ1) is 22.7. The first-order valence-corrected chi connectivity index (χ1v) is 10.2. The first-order valence-electron chi connectivity index (χ1n) is 9.41. The molecule has 0 spiro atoms. The molecule has 0 N–H and O–H groups in total. The number of rotatable bonds is 6. The minimum Gasteiger partial charge on any atom is -0.472 e. The Morgan fingerprint density at radius 3 is 2.39 bits per heavy atom. The lowest BCUT2D eigenvalue weighted by Crippen LogP contribution is -2.39. The van der Waals surface area contributed by atoms with E-state index in [9.17, 15) is 18.4 Å². The number of carbonyl (C=O) groups excluding carboxylic acids is 2. The molecule has 0 saturated heterocycles. The summed E-state index contributed by atoms with van der Waals surface area (Å²) in [5.74, 6) is -1.83. The minimum absolute atomic E-state index is 0.0624. The number of benzene rings is 1. The molecule has 1 aromatic carbocycles. The SMILES string of the molecule is CN(C(=O)C(F)(F)Sc1nnc(-c2ccoc2)n1C(=O)CC(C)(C)C)c1ccccc1. The van der Waals surface area contributed by atoms with Gasteiger partial charge in [0.1, 0.15) is 6.26 Å². The monoisotopic (exact) mass is 448 g/mol. The van der Waals surface area contributed by atoms with Gasteiger partial charge in [-0.2, -0.15) is 8.78 Å². The van der Waals surface area contributed by atoms with Gasteiger partial charge in [-0.05, 0) is 35.4 Å². The molecule has 2 heterocycles. The molecule has 0 fully saturated rings. The number of para-hydroxylation sites is 1. The van der Waals surface area contributed by atoms with Crippen LogP contribution in [-0.2, 0) is 4.79 Å². The van der Waals surface area contributed by atoms with Gasteiger partial charge in [-0.25, -0.2) is 4.57 Å². The van der Waals surface area contributed by atoms with Crippen molar-refractivity contribution in [3.05, 3.63) is 48.9 Å². The van der Waals surface area contributed by atoms with Crippen molar-refractivity contribution in [3.63, 3.8) is 0 Å². The predicted molar refractivity (Wildman–Crippen MR) is 113 cm³/mol. The molecule has 7 nitrogen and oxygen atoms in total. The van der Waals surface area contributed by atoms with E-state index in [0.717, 1.165) is 9.47 Å². The maximum Gasteiger partial charge on any atom is 0.378 e. The molecule has 0 saturated carbocycles. The zero-order valence-electron chi connectivity index (χ0n) is 17.5. The van der Waals surface area contributed by atoms with Crippen LogP contribution in [0.1, 0.15) is 32.0 Å². The third kappa shape index (κ3) is 5.19. The van der Waals surface area contributed by atoms with Crippen LogP contribution < -0.4 is 4.90 Å². The number of hydrogen-bond donors (Lipinski definition) is 0. The third-order valence-corrected chi connectivity index (χ3v) is 5.14. The van der Waals surface area contributed by atoms with Crippen LogP contribution in [-0.4, -0.2) is 38.9 Å². The topological polar surface area (TPSA) is 81.2 Å². The van der Waals surface area contributed by atoms with Crippen LogP contribution in [0.4, 0.5) is 14.5 Å². The second-order valence-corrected chi connectivity index (χ2v) is 9.19. The summed E-state index contributed by atoms with van der Waals surface area (Å²) < 4.78 is 35.9. The molecule has 0 radical (unpaired) electrons. The summed E-state index contributed by atoms with van der Waals surface area (Å²) >= 11 is -0.111. The summed E-state index contributed by atoms with van der Waals surface area (Å²) in [6, 6.07) is 9.64.